The van der Waals surface area contributed by atoms with E-state index in [1.54, 1.807) is 64.3 Å². The first-order chi connectivity index (χ1) is 21.7. The molecule has 4 rings (SSSR count). The second-order valence-corrected chi connectivity index (χ2v) is 13.7. The summed E-state index contributed by atoms with van der Waals surface area (Å²) >= 11 is 2.69. The van der Waals surface area contributed by atoms with Crippen LogP contribution in [0.5, 0.6) is 0 Å². The number of amides is 6. The van der Waals surface area contributed by atoms with Gasteiger partial charge in [-0.05, 0) is 39.5 Å². The Morgan fingerprint density at radius 2 is 1.72 bits per heavy atom. The largest absolute Gasteiger partial charge is 0.455 e. The Bertz CT molecular complexity index is 1460. The summed E-state index contributed by atoms with van der Waals surface area (Å²) in [6, 6.07) is 5.73. The molecule has 3 aliphatic rings. The van der Waals surface area contributed by atoms with Crippen LogP contribution in [-0.4, -0.2) is 110 Å². The second-order valence-electron chi connectivity index (χ2n) is 11.6. The number of ether oxygens (including phenoxy) is 2. The second kappa shape index (κ2) is 14.2. The maximum atomic E-state index is 13.9. The number of benzene rings is 1. The van der Waals surface area contributed by atoms with Crippen molar-refractivity contribution in [1.29, 1.82) is 0 Å². The highest BCUT2D eigenvalue weighted by molar-refractivity contribution is 8.04. The van der Waals surface area contributed by atoms with E-state index < -0.39 is 58.8 Å². The molecule has 2 N–H and O–H groups in total. The van der Waals surface area contributed by atoms with Gasteiger partial charge in [0.15, 0.2) is 0 Å². The van der Waals surface area contributed by atoms with Crippen molar-refractivity contribution in [2.24, 2.45) is 0 Å². The van der Waals surface area contributed by atoms with E-state index in [-0.39, 0.29) is 41.4 Å². The van der Waals surface area contributed by atoms with Crippen LogP contribution >= 0.6 is 23.5 Å². The van der Waals surface area contributed by atoms with Gasteiger partial charge < -0.3 is 25.0 Å². The van der Waals surface area contributed by atoms with Crippen molar-refractivity contribution in [2.75, 3.05) is 31.6 Å². The highest BCUT2D eigenvalue weighted by Gasteiger charge is 2.55. The molecule has 248 valence electrons. The first-order valence-electron chi connectivity index (χ1n) is 14.6. The van der Waals surface area contributed by atoms with Crippen molar-refractivity contribution >= 4 is 65.1 Å². The minimum atomic E-state index is -1.53. The number of β-lactam (4-membered cyclic amide) rings is 1. The normalized spacial score (nSPS) is 21.2. The van der Waals surface area contributed by atoms with Gasteiger partial charge in [0, 0.05) is 37.9 Å². The minimum Gasteiger partial charge on any atom is -0.455 e. The molecule has 0 saturated carbocycles. The van der Waals surface area contributed by atoms with Crippen molar-refractivity contribution < 1.29 is 43.0 Å². The molecule has 6 amide bonds. The average Bonchev–Trinajstić information content (AvgIpc) is 2.99. The molecule has 2 fully saturated rings. The summed E-state index contributed by atoms with van der Waals surface area (Å²) in [5, 5.41) is 4.37. The smallest absolute Gasteiger partial charge is 0.355 e. The zero-order valence-corrected chi connectivity index (χ0v) is 28.0. The van der Waals surface area contributed by atoms with Gasteiger partial charge in [-0.15, -0.1) is 23.5 Å². The molecule has 14 nitrogen and oxygen atoms in total. The fourth-order valence-electron chi connectivity index (χ4n) is 5.09. The van der Waals surface area contributed by atoms with Crippen LogP contribution in [0.15, 0.2) is 41.6 Å². The average molecular weight is 676 g/mol. The fraction of sp³-hybridized carbons (Fsp3) is 0.500. The van der Waals surface area contributed by atoms with Crippen LogP contribution in [0.4, 0.5) is 4.79 Å². The summed E-state index contributed by atoms with van der Waals surface area (Å²) < 4.78 is 11.1. The number of urea groups is 1. The van der Waals surface area contributed by atoms with E-state index in [1.807, 2.05) is 0 Å². The Labute approximate surface area is 274 Å². The molecule has 1 aromatic carbocycles. The van der Waals surface area contributed by atoms with Crippen LogP contribution < -0.4 is 10.6 Å². The Hall–Kier alpha value is -4.05. The van der Waals surface area contributed by atoms with Gasteiger partial charge in [-0.3, -0.25) is 33.8 Å². The van der Waals surface area contributed by atoms with Crippen LogP contribution in [0.3, 0.4) is 0 Å². The van der Waals surface area contributed by atoms with Crippen LogP contribution in [0, 0.1) is 0 Å². The number of nitrogens with zero attached hydrogens (tertiary/aromatic N) is 3. The maximum absolute atomic E-state index is 13.9. The summed E-state index contributed by atoms with van der Waals surface area (Å²) in [6.07, 6.45) is 0.265. The number of thioether (sulfide) groups is 2. The van der Waals surface area contributed by atoms with E-state index in [4.69, 9.17) is 9.47 Å². The molecule has 4 atom stereocenters. The fourth-order valence-corrected chi connectivity index (χ4v) is 7.62. The summed E-state index contributed by atoms with van der Waals surface area (Å²) in [5.74, 6) is -4.54. The van der Waals surface area contributed by atoms with Gasteiger partial charge in [-0.1, -0.05) is 30.3 Å². The summed E-state index contributed by atoms with van der Waals surface area (Å²) in [4.78, 5) is 94.7. The molecule has 0 radical (unpaired) electrons. The third-order valence-electron chi connectivity index (χ3n) is 7.27. The molecule has 0 aliphatic carbocycles. The zero-order valence-electron chi connectivity index (χ0n) is 26.4. The van der Waals surface area contributed by atoms with E-state index in [2.05, 4.69) is 10.6 Å². The standard InChI is InChI=1S/C30H37N5O9S2/c1-7-33-13-14-34(26(40)25(33)39)29(42)31-19(17-11-9-8-10-12-17)22(37)32-23(43-16(2)36)18-15-46-27-21(45-6)24(38)35(27)20(18)28(41)44-30(3,4)5/h8-12,19,21,23,27H,7,13-15H2,1-6H3,(H,31,42)(H,32,37)/t19?,21-,23?,27+/m0/s1. The molecule has 0 spiro atoms. The van der Waals surface area contributed by atoms with Crippen molar-refractivity contribution in [1.82, 2.24) is 25.3 Å². The number of imide groups is 1. The minimum absolute atomic E-state index is 0.0745. The van der Waals surface area contributed by atoms with Crippen LogP contribution in [0.25, 0.3) is 0 Å². The number of carbonyl (C=O) groups is 7. The molecule has 46 heavy (non-hydrogen) atoms. The SMILES string of the molecule is CCN1CCN(C(=O)NC(C(=O)NC(OC(C)=O)C2=C(C(=O)OC(C)(C)C)N3C(=O)[C@H](SC)[C@H]3SC2)c2ccccc2)C(=O)C1=O. The third kappa shape index (κ3) is 7.33. The third-order valence-corrected chi connectivity index (χ3v) is 9.71. The predicted molar refractivity (Wildman–Crippen MR) is 169 cm³/mol. The lowest BCUT2D eigenvalue weighted by Crippen LogP contribution is -2.64. The van der Waals surface area contributed by atoms with Gasteiger partial charge in [-0.25, -0.2) is 9.59 Å². The van der Waals surface area contributed by atoms with Crippen molar-refractivity contribution in [3.05, 3.63) is 47.2 Å². The van der Waals surface area contributed by atoms with Gasteiger partial charge in [0.05, 0.1) is 0 Å². The number of likely N-dealkylation sites (N-methyl/N-ethyl adjacent to an activating group) is 1. The lowest BCUT2D eigenvalue weighted by atomic mass is 10.0. The molecule has 0 bridgehead atoms. The Morgan fingerprint density at radius 3 is 2.30 bits per heavy atom. The predicted octanol–water partition coefficient (Wildman–Crippen LogP) is 1.38. The molecule has 3 heterocycles. The van der Waals surface area contributed by atoms with Crippen molar-refractivity contribution in [2.45, 2.75) is 63.1 Å². The molecule has 1 aromatic rings. The van der Waals surface area contributed by atoms with Gasteiger partial charge >= 0.3 is 29.8 Å². The maximum Gasteiger partial charge on any atom is 0.355 e. The topological polar surface area (TPSA) is 172 Å². The van der Waals surface area contributed by atoms with Gasteiger partial charge in [0.2, 0.25) is 18.0 Å². The number of fused-ring (bicyclic) bond motifs is 1. The van der Waals surface area contributed by atoms with Crippen molar-refractivity contribution in [3.63, 3.8) is 0 Å². The summed E-state index contributed by atoms with van der Waals surface area (Å²) in [6.45, 7) is 8.20. The highest BCUT2D eigenvalue weighted by Crippen LogP contribution is 2.45. The van der Waals surface area contributed by atoms with Gasteiger partial charge in [-0.2, -0.15) is 0 Å². The Kier molecular flexibility index (Phi) is 10.7. The van der Waals surface area contributed by atoms with E-state index in [0.717, 1.165) is 11.8 Å². The molecular formula is C30H37N5O9S2. The van der Waals surface area contributed by atoms with Gasteiger partial charge in [0.1, 0.15) is 28.0 Å². The number of carbonyl (C=O) groups excluding carboxylic acids is 7. The number of rotatable bonds is 9. The lowest BCUT2D eigenvalue weighted by Gasteiger charge is -2.50. The summed E-state index contributed by atoms with van der Waals surface area (Å²) in [7, 11) is 0. The van der Waals surface area contributed by atoms with Crippen LogP contribution in [0.2, 0.25) is 0 Å². The van der Waals surface area contributed by atoms with Gasteiger partial charge in [0.25, 0.3) is 0 Å². The highest BCUT2D eigenvalue weighted by atomic mass is 32.2. The first-order valence-corrected chi connectivity index (χ1v) is 16.9. The van der Waals surface area contributed by atoms with Crippen LogP contribution in [-0.2, 0) is 38.2 Å². The van der Waals surface area contributed by atoms with E-state index >= 15 is 0 Å². The number of hydrogen-bond donors (Lipinski definition) is 2. The zero-order chi connectivity index (χ0) is 33.9. The van der Waals surface area contributed by atoms with Crippen LogP contribution in [0.1, 0.15) is 46.2 Å². The van der Waals surface area contributed by atoms with Crippen molar-refractivity contribution in [3.8, 4) is 0 Å². The molecule has 2 saturated heterocycles. The lowest BCUT2D eigenvalue weighted by molar-refractivity contribution is -0.157. The Balaban J connectivity index is 1.68. The molecular weight excluding hydrogens is 638 g/mol. The van der Waals surface area contributed by atoms with E-state index in [9.17, 15) is 33.6 Å². The number of hydrogen-bond acceptors (Lipinski definition) is 11. The molecule has 16 heteroatoms. The monoisotopic (exact) mass is 675 g/mol. The first kappa shape index (κ1) is 34.8. The summed E-state index contributed by atoms with van der Waals surface area (Å²) in [5.41, 5.74) is -0.604. The number of esters is 2. The molecule has 0 aromatic heterocycles. The van der Waals surface area contributed by atoms with E-state index in [0.29, 0.717) is 12.1 Å². The quantitative estimate of drug-likeness (QED) is 0.168. The Morgan fingerprint density at radius 1 is 1.04 bits per heavy atom. The molecule has 2 unspecified atom stereocenters. The van der Waals surface area contributed by atoms with E-state index in [1.165, 1.54) is 33.3 Å². The molecule has 3 aliphatic heterocycles. The number of nitrogens with one attached hydrogen (secondary N) is 2. The number of piperazine rings is 1.